The van der Waals surface area contributed by atoms with Crippen LogP contribution in [0.25, 0.3) is 11.2 Å². The number of carbonyl (C=O) groups is 1. The Hall–Kier alpha value is -2.93. The van der Waals surface area contributed by atoms with Crippen LogP contribution >= 0.6 is 7.60 Å². The minimum atomic E-state index is -3.99. The molecule has 2 saturated heterocycles. The zero-order valence-corrected chi connectivity index (χ0v) is 19.8. The molecule has 186 valence electrons. The number of hydrogen-bond donors (Lipinski definition) is 2. The van der Waals surface area contributed by atoms with E-state index in [2.05, 4.69) is 25.6 Å². The van der Waals surface area contributed by atoms with Crippen molar-refractivity contribution in [2.45, 2.75) is 37.8 Å². The van der Waals surface area contributed by atoms with Gasteiger partial charge in [-0.1, -0.05) is 30.3 Å². The molecule has 14 heteroatoms. The average Bonchev–Trinajstić information content (AvgIpc) is 3.52. The summed E-state index contributed by atoms with van der Waals surface area (Å²) in [4.78, 5) is 36.4. The van der Waals surface area contributed by atoms with E-state index in [-0.39, 0.29) is 12.4 Å². The summed E-state index contributed by atoms with van der Waals surface area (Å²) >= 11 is 0. The number of nitrogens with zero attached hydrogens (tertiary/aromatic N) is 4. The van der Waals surface area contributed by atoms with E-state index in [0.717, 1.165) is 12.2 Å². The molecule has 13 nitrogen and oxygen atoms in total. The summed E-state index contributed by atoms with van der Waals surface area (Å²) < 4.78 is 36.8. The third-order valence-electron chi connectivity index (χ3n) is 5.59. The molecular weight excluding hydrogens is 479 g/mol. The summed E-state index contributed by atoms with van der Waals surface area (Å²) in [5, 5.41) is 5.29. The van der Waals surface area contributed by atoms with Crippen molar-refractivity contribution in [1.29, 1.82) is 0 Å². The molecule has 4 heterocycles. The minimum absolute atomic E-state index is 0.231. The van der Waals surface area contributed by atoms with Gasteiger partial charge in [0.05, 0.1) is 12.9 Å². The van der Waals surface area contributed by atoms with E-state index in [1.807, 2.05) is 30.3 Å². The first kappa shape index (κ1) is 23.8. The third kappa shape index (κ3) is 4.92. The lowest BCUT2D eigenvalue weighted by Crippen LogP contribution is -2.31. The van der Waals surface area contributed by atoms with Crippen LogP contribution in [-0.4, -0.2) is 63.7 Å². The lowest BCUT2D eigenvalue weighted by Gasteiger charge is -2.24. The quantitative estimate of drug-likeness (QED) is 0.453. The van der Waals surface area contributed by atoms with E-state index in [1.165, 1.54) is 12.7 Å². The first-order valence-corrected chi connectivity index (χ1v) is 13.0. The molecule has 3 aromatic rings. The van der Waals surface area contributed by atoms with E-state index in [1.54, 1.807) is 11.5 Å². The van der Waals surface area contributed by atoms with Gasteiger partial charge in [0.2, 0.25) is 0 Å². The van der Waals surface area contributed by atoms with E-state index in [4.69, 9.17) is 18.7 Å². The number of amides is 2. The Labute approximate surface area is 200 Å². The molecule has 0 bridgehead atoms. The molecule has 2 aliphatic rings. The predicted molar refractivity (Wildman–Crippen MR) is 120 cm³/mol. The summed E-state index contributed by atoms with van der Waals surface area (Å²) in [7, 11) is -3.99. The third-order valence-corrected chi connectivity index (χ3v) is 6.21. The Morgan fingerprint density at radius 3 is 2.69 bits per heavy atom. The Balaban J connectivity index is 1.45. The van der Waals surface area contributed by atoms with Crippen LogP contribution in [0, 0.1) is 0 Å². The van der Waals surface area contributed by atoms with Crippen molar-refractivity contribution in [2.75, 3.05) is 25.1 Å². The zero-order valence-electron chi connectivity index (χ0n) is 18.9. The first-order valence-electron chi connectivity index (χ1n) is 11.0. The van der Waals surface area contributed by atoms with Crippen LogP contribution in [0.3, 0.4) is 0 Å². The van der Waals surface area contributed by atoms with Gasteiger partial charge < -0.3 is 33.5 Å². The van der Waals surface area contributed by atoms with Gasteiger partial charge in [-0.2, -0.15) is 0 Å². The number of carbonyl (C=O) groups excluding carboxylic acids is 1. The van der Waals surface area contributed by atoms with Gasteiger partial charge in [0.25, 0.3) is 0 Å². The molecular formula is C21H24N6O7P-. The number of benzene rings is 1. The van der Waals surface area contributed by atoms with Gasteiger partial charge in [0, 0.05) is 18.8 Å². The summed E-state index contributed by atoms with van der Waals surface area (Å²) in [6.45, 7) is 3.02. The number of hydrogen-bond acceptors (Lipinski definition) is 10. The molecule has 0 spiro atoms. The molecule has 1 aromatic carbocycles. The van der Waals surface area contributed by atoms with Gasteiger partial charge in [-0.25, -0.2) is 19.7 Å². The number of fused-ring (bicyclic) bond motifs is 2. The van der Waals surface area contributed by atoms with Gasteiger partial charge in [-0.15, -0.1) is 0 Å². The van der Waals surface area contributed by atoms with E-state index >= 15 is 0 Å². The van der Waals surface area contributed by atoms with Crippen molar-refractivity contribution in [3.05, 3.63) is 48.5 Å². The molecule has 6 atom stereocenters. The number of urea groups is 1. The normalized spacial score (nSPS) is 27.5. The highest BCUT2D eigenvalue weighted by molar-refractivity contribution is 7.50. The maximum Gasteiger partial charge on any atom is 0.320 e. The average molecular weight is 503 g/mol. The fourth-order valence-corrected chi connectivity index (χ4v) is 4.53. The Kier molecular flexibility index (Phi) is 6.53. The molecule has 2 aromatic heterocycles. The maximum absolute atomic E-state index is 12.0. The van der Waals surface area contributed by atoms with Crippen molar-refractivity contribution in [2.24, 2.45) is 0 Å². The van der Waals surface area contributed by atoms with Gasteiger partial charge in [0.1, 0.15) is 32.2 Å². The second kappa shape index (κ2) is 9.61. The number of ether oxygens (including phenoxy) is 3. The number of nitrogens with one attached hydrogen (secondary N) is 2. The molecule has 2 amide bonds. The fourth-order valence-electron chi connectivity index (χ4n) is 4.11. The highest BCUT2D eigenvalue weighted by atomic mass is 31.2. The van der Waals surface area contributed by atoms with Crippen LogP contribution in [0.2, 0.25) is 0 Å². The smallest absolute Gasteiger partial charge is 0.320 e. The Bertz CT molecular complexity index is 1250. The van der Waals surface area contributed by atoms with Crippen molar-refractivity contribution in [3.63, 3.8) is 0 Å². The number of aromatic nitrogens is 4. The van der Waals surface area contributed by atoms with Crippen molar-refractivity contribution in [1.82, 2.24) is 24.8 Å². The van der Waals surface area contributed by atoms with E-state index in [0.29, 0.717) is 17.7 Å². The van der Waals surface area contributed by atoms with Crippen LogP contribution in [-0.2, 0) is 23.3 Å². The second-order valence-electron chi connectivity index (χ2n) is 8.11. The van der Waals surface area contributed by atoms with Crippen molar-refractivity contribution < 1.29 is 33.0 Å². The molecule has 35 heavy (non-hydrogen) atoms. The van der Waals surface area contributed by atoms with Crippen LogP contribution in [0.4, 0.5) is 10.6 Å². The van der Waals surface area contributed by atoms with Gasteiger partial charge in [-0.3, -0.25) is 9.88 Å². The molecule has 2 N–H and O–H groups in total. The molecule has 5 rings (SSSR count). The molecule has 2 unspecified atom stereocenters. The molecule has 2 fully saturated rings. The fraction of sp³-hybridized carbons (Fsp3) is 0.429. The maximum atomic E-state index is 12.0. The van der Waals surface area contributed by atoms with Crippen LogP contribution in [0.1, 0.15) is 25.0 Å². The predicted octanol–water partition coefficient (Wildman–Crippen LogP) is 1.55. The van der Waals surface area contributed by atoms with Crippen LogP contribution in [0.5, 0.6) is 0 Å². The summed E-state index contributed by atoms with van der Waals surface area (Å²) in [6, 6.07) is 8.97. The minimum Gasteiger partial charge on any atom is -0.779 e. The number of rotatable bonds is 7. The topological polar surface area (TPSA) is 162 Å². The van der Waals surface area contributed by atoms with Gasteiger partial charge in [-0.05, 0) is 6.92 Å². The van der Waals surface area contributed by atoms with Gasteiger partial charge >= 0.3 is 6.03 Å². The van der Waals surface area contributed by atoms with E-state index in [9.17, 15) is 14.3 Å². The lowest BCUT2D eigenvalue weighted by molar-refractivity contribution is -0.202. The molecule has 2 aliphatic heterocycles. The highest BCUT2D eigenvalue weighted by Gasteiger charge is 2.54. The number of imidazole rings is 1. The van der Waals surface area contributed by atoms with Crippen molar-refractivity contribution in [3.8, 4) is 0 Å². The zero-order chi connectivity index (χ0) is 24.6. The Morgan fingerprint density at radius 1 is 1.17 bits per heavy atom. The standard InChI is InChI=1S/C21H25N6O7P/c1-3-22-21(28)26-17-14-18(24-10-23-17)27(11-25-14)19-16-15(13(32-19)9-31-35(2,29)30)33-20(34-16)12-7-5-4-6-8-12/h4-8,10-11,13,15-16,19-20H,3,9H2,1-2H3,(H,29,30)(H2,22,23,24,26,28)/p-1/t13-,15?,16+,19-,20+/m1/s1. The number of anilines is 1. The SMILES string of the molecule is CCNC(=O)Nc1ncnc2c1ncn2[C@@H]1O[C@H](COP(C)(=O)[O-])C2O[C@H](c3ccccc3)O[C@@H]21. The second-order valence-corrected chi connectivity index (χ2v) is 9.91. The summed E-state index contributed by atoms with van der Waals surface area (Å²) in [5.74, 6) is 0.234. The van der Waals surface area contributed by atoms with Gasteiger partial charge in [0.15, 0.2) is 29.5 Å². The first-order chi connectivity index (χ1) is 16.8. The van der Waals surface area contributed by atoms with Crippen LogP contribution < -0.4 is 15.5 Å². The largest absolute Gasteiger partial charge is 0.779 e. The highest BCUT2D eigenvalue weighted by Crippen LogP contribution is 2.46. The molecule has 0 radical (unpaired) electrons. The molecule has 0 aliphatic carbocycles. The summed E-state index contributed by atoms with van der Waals surface area (Å²) in [5.41, 5.74) is 1.57. The van der Waals surface area contributed by atoms with E-state index < -0.39 is 44.5 Å². The molecule has 0 saturated carbocycles. The Morgan fingerprint density at radius 2 is 1.94 bits per heavy atom. The van der Waals surface area contributed by atoms with Crippen LogP contribution in [0.15, 0.2) is 43.0 Å². The monoisotopic (exact) mass is 503 g/mol. The lowest BCUT2D eigenvalue weighted by atomic mass is 10.1. The summed E-state index contributed by atoms with van der Waals surface area (Å²) in [6.07, 6.45) is -0.549. The van der Waals surface area contributed by atoms with Crippen molar-refractivity contribution >= 4 is 30.6 Å².